The molecule has 0 bridgehead atoms. The molecule has 0 aliphatic heterocycles. The molecular weight excluding hydrogens is 299 g/mol. The van der Waals surface area contributed by atoms with Crippen LogP contribution in [0.1, 0.15) is 0 Å². The Bertz CT molecular complexity index is 96.1. The summed E-state index contributed by atoms with van der Waals surface area (Å²) < 4.78 is 34.1. The van der Waals surface area contributed by atoms with E-state index < -0.39 is 10.5 Å². The predicted molar refractivity (Wildman–Crippen MR) is 15.2 cm³/mol. The van der Waals surface area contributed by atoms with Gasteiger partial charge in [0.15, 0.2) is 0 Å². The first-order valence-electron chi connectivity index (χ1n) is 0.670. The van der Waals surface area contributed by atoms with E-state index in [4.69, 9.17) is 13.0 Å². The van der Waals surface area contributed by atoms with Crippen LogP contribution in [0.4, 0.5) is 8.59 Å². The second-order valence-electron chi connectivity index (χ2n) is 0.412. The van der Waals surface area contributed by atoms with E-state index >= 15 is 0 Å². The summed E-state index contributed by atoms with van der Waals surface area (Å²) in [5.74, 6) is 0. The van der Waals surface area contributed by atoms with Gasteiger partial charge < -0.3 is 0 Å². The van der Waals surface area contributed by atoms with Gasteiger partial charge in [-0.3, -0.25) is 9.26 Å². The molecule has 3 nitrogen and oxygen atoms in total. The topological polar surface area (TPSA) is 54.4 Å². The molecule has 0 aliphatic rings. The van der Waals surface area contributed by atoms with Crippen LogP contribution in [-0.4, -0.2) is 13.0 Å². The van der Waals surface area contributed by atoms with Crippen LogP contribution in [0.15, 0.2) is 0 Å². The van der Waals surface area contributed by atoms with Gasteiger partial charge in [0.1, 0.15) is 0 Å². The van der Waals surface area contributed by atoms with Crippen LogP contribution < -0.4 is 0 Å². The molecule has 0 rings (SSSR count). The summed E-state index contributed by atoms with van der Waals surface area (Å²) in [5.41, 5.74) is 0. The van der Waals surface area contributed by atoms with E-state index in [-0.39, 0.29) is 27.1 Å². The summed E-state index contributed by atoms with van der Waals surface area (Å²) in [6, 6.07) is 0. The first-order valence-corrected chi connectivity index (χ1v) is 2.01. The van der Waals surface area contributed by atoms with Crippen LogP contribution in [0.5, 0.6) is 0 Å². The van der Waals surface area contributed by atoms with Crippen LogP contribution >= 0.6 is 0 Å². The molecule has 0 atom stereocenters. The van der Waals surface area contributed by atoms with Crippen molar-refractivity contribution in [3.8, 4) is 0 Å². The summed E-state index contributed by atoms with van der Waals surface area (Å²) in [6.45, 7) is 0. The fraction of sp³-hybridized carbons (Fsp3) is 0. The second-order valence-corrected chi connectivity index (χ2v) is 1.24. The molecule has 1 radical (unpaired) electrons. The molecular formula is H2F2O3STa. The molecule has 0 heterocycles. The van der Waals surface area contributed by atoms with Gasteiger partial charge in [0.25, 0.3) is 0 Å². The monoisotopic (exact) mass is 301 g/mol. The van der Waals surface area contributed by atoms with Gasteiger partial charge in [0, 0.05) is 22.4 Å². The van der Waals surface area contributed by atoms with Crippen molar-refractivity contribution in [3.63, 3.8) is 0 Å². The molecule has 0 fully saturated rings. The Labute approximate surface area is 54.8 Å². The average Bonchev–Trinajstić information content (AvgIpc) is 0.722. The van der Waals surface area contributed by atoms with E-state index in [0.717, 1.165) is 0 Å². The zero-order valence-corrected chi connectivity index (χ0v) is 6.94. The molecule has 0 amide bonds. The maximum absolute atomic E-state index is 10.2. The van der Waals surface area contributed by atoms with Gasteiger partial charge >= 0.3 is 10.5 Å². The Morgan fingerprint density at radius 2 is 1.43 bits per heavy atom. The zero-order chi connectivity index (χ0) is 4.50. The molecule has 0 aromatic rings. The van der Waals surface area contributed by atoms with Crippen molar-refractivity contribution in [1.29, 1.82) is 0 Å². The average molecular weight is 301 g/mol. The minimum absolute atomic E-state index is 0. The Kier molecular flexibility index (Phi) is 10.4. The van der Waals surface area contributed by atoms with Crippen molar-refractivity contribution in [2.24, 2.45) is 0 Å². The second kappa shape index (κ2) is 4.66. The van der Waals surface area contributed by atoms with Crippen LogP contribution in [0, 0.1) is 0 Å². The minimum atomic E-state index is -5.17. The summed E-state index contributed by atoms with van der Waals surface area (Å²) >= 11 is 0. The summed E-state index contributed by atoms with van der Waals surface area (Å²) in [5, 5.41) is 0. The Morgan fingerprint density at radius 1 is 1.43 bits per heavy atom. The van der Waals surface area contributed by atoms with Gasteiger partial charge in [-0.05, 0) is 0 Å². The summed E-state index contributed by atoms with van der Waals surface area (Å²) in [7, 11) is -5.17. The van der Waals surface area contributed by atoms with Crippen molar-refractivity contribution in [3.05, 3.63) is 0 Å². The molecule has 0 saturated heterocycles. The first kappa shape index (κ1) is 15.6. The quantitative estimate of drug-likeness (QED) is 0.502. The van der Waals surface area contributed by atoms with Crippen LogP contribution in [-0.2, 0) is 32.9 Å². The largest absolute Gasteiger partial charge is 0.435 e. The van der Waals surface area contributed by atoms with E-state index in [9.17, 15) is 3.89 Å². The van der Waals surface area contributed by atoms with Crippen molar-refractivity contribution in [2.45, 2.75) is 0 Å². The van der Waals surface area contributed by atoms with E-state index in [1.165, 1.54) is 0 Å². The molecule has 1 N–H and O–H groups in total. The van der Waals surface area contributed by atoms with E-state index in [1.54, 1.807) is 0 Å². The fourth-order valence-corrected chi connectivity index (χ4v) is 0. The van der Waals surface area contributed by atoms with Gasteiger partial charge in [0.2, 0.25) is 0 Å². The number of rotatable bonds is 0. The smallest absolute Gasteiger partial charge is 0.269 e. The Balaban J connectivity index is -0.0000000800. The maximum atomic E-state index is 10.2. The molecule has 0 spiro atoms. The SMILES string of the molecule is F.O=S(=O)(O)F.[Ta]. The van der Waals surface area contributed by atoms with E-state index in [2.05, 4.69) is 0 Å². The van der Waals surface area contributed by atoms with Crippen molar-refractivity contribution >= 4 is 10.5 Å². The summed E-state index contributed by atoms with van der Waals surface area (Å²) in [6.07, 6.45) is 0. The van der Waals surface area contributed by atoms with Crippen molar-refractivity contribution in [1.82, 2.24) is 0 Å². The van der Waals surface area contributed by atoms with Gasteiger partial charge in [-0.15, -0.1) is 0 Å². The number of hydrogen-bond acceptors (Lipinski definition) is 2. The molecule has 45 valence electrons. The van der Waals surface area contributed by atoms with E-state index in [0.29, 0.717) is 0 Å². The minimum Gasteiger partial charge on any atom is -0.269 e. The van der Waals surface area contributed by atoms with Gasteiger partial charge in [-0.2, -0.15) is 8.42 Å². The van der Waals surface area contributed by atoms with Crippen LogP contribution in [0.3, 0.4) is 0 Å². The van der Waals surface area contributed by atoms with Crippen molar-refractivity contribution < 1.29 is 43.9 Å². The molecule has 0 aromatic heterocycles. The number of halogens is 2. The molecule has 7 heavy (non-hydrogen) atoms. The Hall–Kier alpha value is 0.510. The molecule has 0 unspecified atom stereocenters. The third-order valence-corrected chi connectivity index (χ3v) is 0. The Morgan fingerprint density at radius 3 is 1.43 bits per heavy atom. The van der Waals surface area contributed by atoms with Crippen LogP contribution in [0.2, 0.25) is 0 Å². The number of hydrogen-bond donors (Lipinski definition) is 1. The fourth-order valence-electron chi connectivity index (χ4n) is 0. The van der Waals surface area contributed by atoms with Gasteiger partial charge in [0.05, 0.1) is 0 Å². The molecule has 0 aromatic carbocycles. The van der Waals surface area contributed by atoms with Crippen LogP contribution in [0.25, 0.3) is 0 Å². The zero-order valence-electron chi connectivity index (χ0n) is 2.91. The summed E-state index contributed by atoms with van der Waals surface area (Å²) in [4.78, 5) is 0. The van der Waals surface area contributed by atoms with Gasteiger partial charge in [-0.25, -0.2) is 0 Å². The molecule has 0 saturated carbocycles. The maximum Gasteiger partial charge on any atom is 0.435 e. The third kappa shape index (κ3) is 509. The molecule has 7 heteroatoms. The van der Waals surface area contributed by atoms with E-state index in [1.807, 2.05) is 0 Å². The normalized spacial score (nSPS) is 8.29. The third-order valence-electron chi connectivity index (χ3n) is 0. The standard InChI is InChI=1S/FHO3S.FH.Ta/c1-5(2,3)4;;/h(H,2,3,4);1H;. The predicted octanol–water partition coefficient (Wildman–Crippen LogP) is -0.0913. The van der Waals surface area contributed by atoms with Crippen molar-refractivity contribution in [2.75, 3.05) is 0 Å². The van der Waals surface area contributed by atoms with Gasteiger partial charge in [-0.1, -0.05) is 3.89 Å². The molecule has 0 aliphatic carbocycles. The first-order chi connectivity index (χ1) is 2.00.